The fourth-order valence-electron chi connectivity index (χ4n) is 1.37. The predicted octanol–water partition coefficient (Wildman–Crippen LogP) is 0.432. The van der Waals surface area contributed by atoms with Crippen LogP contribution < -0.4 is 10.1 Å². The molecule has 1 aromatic rings. The third-order valence-electron chi connectivity index (χ3n) is 2.26. The SMILES string of the molecule is COCC(CO)NC(=O)c1cccc(OC)c1. The van der Waals surface area contributed by atoms with E-state index in [0.717, 1.165) is 0 Å². The highest BCUT2D eigenvalue weighted by Crippen LogP contribution is 2.12. The van der Waals surface area contributed by atoms with Gasteiger partial charge in [0, 0.05) is 12.7 Å². The minimum absolute atomic E-state index is 0.163. The fourth-order valence-corrected chi connectivity index (χ4v) is 1.37. The summed E-state index contributed by atoms with van der Waals surface area (Å²) in [6.07, 6.45) is 0. The molecule has 1 aromatic carbocycles. The largest absolute Gasteiger partial charge is 0.497 e. The van der Waals surface area contributed by atoms with Gasteiger partial charge in [-0.1, -0.05) is 6.07 Å². The van der Waals surface area contributed by atoms with Crippen molar-refractivity contribution in [1.82, 2.24) is 5.32 Å². The first-order chi connectivity index (χ1) is 8.21. The van der Waals surface area contributed by atoms with Gasteiger partial charge in [0.1, 0.15) is 5.75 Å². The second kappa shape index (κ2) is 6.88. The molecule has 1 atom stereocenters. The second-order valence-electron chi connectivity index (χ2n) is 3.54. The molecule has 0 saturated heterocycles. The molecule has 0 saturated carbocycles. The Balaban J connectivity index is 2.68. The van der Waals surface area contributed by atoms with Crippen LogP contribution in [0.1, 0.15) is 10.4 Å². The van der Waals surface area contributed by atoms with Crippen LogP contribution in [0.5, 0.6) is 5.75 Å². The monoisotopic (exact) mass is 239 g/mol. The maximum atomic E-state index is 11.8. The summed E-state index contributed by atoms with van der Waals surface area (Å²) in [6, 6.07) is 6.40. The molecular formula is C12H17NO4. The molecule has 0 aliphatic heterocycles. The van der Waals surface area contributed by atoms with E-state index in [-0.39, 0.29) is 19.1 Å². The number of aliphatic hydroxyl groups excluding tert-OH is 1. The van der Waals surface area contributed by atoms with Crippen molar-refractivity contribution >= 4 is 5.91 Å². The minimum Gasteiger partial charge on any atom is -0.497 e. The van der Waals surface area contributed by atoms with Crippen LogP contribution in [-0.2, 0) is 4.74 Å². The molecule has 0 radical (unpaired) electrons. The molecule has 5 heteroatoms. The predicted molar refractivity (Wildman–Crippen MR) is 63.2 cm³/mol. The Hall–Kier alpha value is -1.59. The Bertz CT molecular complexity index is 367. The van der Waals surface area contributed by atoms with E-state index in [1.165, 1.54) is 7.11 Å². The zero-order valence-corrected chi connectivity index (χ0v) is 9.97. The molecular weight excluding hydrogens is 222 g/mol. The first-order valence-electron chi connectivity index (χ1n) is 5.26. The zero-order chi connectivity index (χ0) is 12.7. The van der Waals surface area contributed by atoms with Crippen LogP contribution in [-0.4, -0.2) is 44.5 Å². The average Bonchev–Trinajstić information content (AvgIpc) is 2.38. The molecule has 0 aliphatic carbocycles. The molecule has 2 N–H and O–H groups in total. The third kappa shape index (κ3) is 4.05. The zero-order valence-electron chi connectivity index (χ0n) is 9.97. The molecule has 94 valence electrons. The lowest BCUT2D eigenvalue weighted by atomic mass is 10.2. The third-order valence-corrected chi connectivity index (χ3v) is 2.26. The maximum absolute atomic E-state index is 11.8. The fraction of sp³-hybridized carbons (Fsp3) is 0.417. The number of carbonyl (C=O) groups is 1. The summed E-state index contributed by atoms with van der Waals surface area (Å²) < 4.78 is 9.91. The summed E-state index contributed by atoms with van der Waals surface area (Å²) in [7, 11) is 3.05. The minimum atomic E-state index is -0.404. The van der Waals surface area contributed by atoms with E-state index in [4.69, 9.17) is 14.6 Å². The number of hydrogen-bond donors (Lipinski definition) is 2. The quantitative estimate of drug-likeness (QED) is 0.755. The van der Waals surface area contributed by atoms with Crippen LogP contribution >= 0.6 is 0 Å². The average molecular weight is 239 g/mol. The van der Waals surface area contributed by atoms with Gasteiger partial charge in [-0.2, -0.15) is 0 Å². The van der Waals surface area contributed by atoms with Crippen LogP contribution in [0.25, 0.3) is 0 Å². The lowest BCUT2D eigenvalue weighted by Gasteiger charge is -2.15. The molecule has 1 amide bonds. The van der Waals surface area contributed by atoms with Gasteiger partial charge in [-0.15, -0.1) is 0 Å². The van der Waals surface area contributed by atoms with E-state index < -0.39 is 6.04 Å². The maximum Gasteiger partial charge on any atom is 0.251 e. The molecule has 0 aromatic heterocycles. The molecule has 0 aliphatic rings. The van der Waals surface area contributed by atoms with E-state index in [9.17, 15) is 4.79 Å². The van der Waals surface area contributed by atoms with Gasteiger partial charge in [-0.25, -0.2) is 0 Å². The number of amides is 1. The van der Waals surface area contributed by atoms with Gasteiger partial charge >= 0.3 is 0 Å². The lowest BCUT2D eigenvalue weighted by Crippen LogP contribution is -2.40. The van der Waals surface area contributed by atoms with E-state index in [2.05, 4.69) is 5.32 Å². The van der Waals surface area contributed by atoms with Crippen LogP contribution in [0.3, 0.4) is 0 Å². The second-order valence-corrected chi connectivity index (χ2v) is 3.54. The standard InChI is InChI=1S/C12H17NO4/c1-16-8-10(7-14)13-12(15)9-4-3-5-11(6-9)17-2/h3-6,10,14H,7-8H2,1-2H3,(H,13,15). The Morgan fingerprint density at radius 2 is 2.24 bits per heavy atom. The summed E-state index contributed by atoms with van der Waals surface area (Å²) in [5.74, 6) is 0.352. The van der Waals surface area contributed by atoms with Gasteiger partial charge in [0.15, 0.2) is 0 Å². The van der Waals surface area contributed by atoms with Gasteiger partial charge in [0.25, 0.3) is 5.91 Å². The number of methoxy groups -OCH3 is 2. The number of hydrogen-bond acceptors (Lipinski definition) is 4. The van der Waals surface area contributed by atoms with Gasteiger partial charge in [0.05, 0.1) is 26.4 Å². The summed E-state index contributed by atoms with van der Waals surface area (Å²) in [4.78, 5) is 11.8. The molecule has 0 bridgehead atoms. The highest BCUT2D eigenvalue weighted by molar-refractivity contribution is 5.94. The highest BCUT2D eigenvalue weighted by Gasteiger charge is 2.13. The van der Waals surface area contributed by atoms with Crippen molar-refractivity contribution in [3.05, 3.63) is 29.8 Å². The molecule has 1 unspecified atom stereocenters. The van der Waals surface area contributed by atoms with Gasteiger partial charge in [-0.3, -0.25) is 4.79 Å². The summed E-state index contributed by atoms with van der Waals surface area (Å²) in [6.45, 7) is 0.107. The Morgan fingerprint density at radius 3 is 2.82 bits per heavy atom. The molecule has 1 rings (SSSR count). The first-order valence-corrected chi connectivity index (χ1v) is 5.26. The van der Waals surface area contributed by atoms with Crippen molar-refractivity contribution in [2.75, 3.05) is 27.4 Å². The van der Waals surface area contributed by atoms with Gasteiger partial charge < -0.3 is 19.9 Å². The lowest BCUT2D eigenvalue weighted by molar-refractivity contribution is 0.0839. The Morgan fingerprint density at radius 1 is 1.47 bits per heavy atom. The van der Waals surface area contributed by atoms with Crippen LogP contribution in [0.2, 0.25) is 0 Å². The van der Waals surface area contributed by atoms with E-state index in [0.29, 0.717) is 11.3 Å². The normalized spacial score (nSPS) is 11.9. The number of rotatable bonds is 6. The molecule has 5 nitrogen and oxygen atoms in total. The van der Waals surface area contributed by atoms with E-state index in [1.807, 2.05) is 0 Å². The van der Waals surface area contributed by atoms with Crippen molar-refractivity contribution < 1.29 is 19.4 Å². The molecule has 0 spiro atoms. The number of ether oxygens (including phenoxy) is 2. The highest BCUT2D eigenvalue weighted by atomic mass is 16.5. The Kier molecular flexibility index (Phi) is 5.45. The number of nitrogens with one attached hydrogen (secondary N) is 1. The number of benzene rings is 1. The van der Waals surface area contributed by atoms with Crippen molar-refractivity contribution in [3.63, 3.8) is 0 Å². The summed E-state index contributed by atoms with van der Waals surface area (Å²) in [5.41, 5.74) is 0.485. The van der Waals surface area contributed by atoms with Crippen molar-refractivity contribution in [3.8, 4) is 5.75 Å². The van der Waals surface area contributed by atoms with Crippen LogP contribution in [0.15, 0.2) is 24.3 Å². The van der Waals surface area contributed by atoms with Crippen molar-refractivity contribution in [2.45, 2.75) is 6.04 Å². The van der Waals surface area contributed by atoms with Crippen LogP contribution in [0, 0.1) is 0 Å². The van der Waals surface area contributed by atoms with E-state index >= 15 is 0 Å². The van der Waals surface area contributed by atoms with Crippen molar-refractivity contribution in [1.29, 1.82) is 0 Å². The molecule has 0 fully saturated rings. The smallest absolute Gasteiger partial charge is 0.251 e. The number of carbonyl (C=O) groups excluding carboxylic acids is 1. The molecule has 17 heavy (non-hydrogen) atoms. The van der Waals surface area contributed by atoms with Crippen LogP contribution in [0.4, 0.5) is 0 Å². The van der Waals surface area contributed by atoms with Gasteiger partial charge in [-0.05, 0) is 18.2 Å². The van der Waals surface area contributed by atoms with Gasteiger partial charge in [0.2, 0.25) is 0 Å². The topological polar surface area (TPSA) is 67.8 Å². The number of aliphatic hydroxyl groups is 1. The molecule has 0 heterocycles. The summed E-state index contributed by atoms with van der Waals surface area (Å²) in [5, 5.41) is 11.7. The summed E-state index contributed by atoms with van der Waals surface area (Å²) >= 11 is 0. The van der Waals surface area contributed by atoms with E-state index in [1.54, 1.807) is 31.4 Å². The Labute approximate surface area is 100 Å². The first kappa shape index (κ1) is 13.5. The van der Waals surface area contributed by atoms with Crippen molar-refractivity contribution in [2.24, 2.45) is 0 Å².